The molecule has 5 rings (SSSR count). The molecule has 3 aliphatic carbocycles. The Bertz CT molecular complexity index is 1280. The molecule has 0 radical (unpaired) electrons. The van der Waals surface area contributed by atoms with Gasteiger partial charge in [0.15, 0.2) is 0 Å². The van der Waals surface area contributed by atoms with Crippen molar-refractivity contribution < 1.29 is 9.59 Å². The Morgan fingerprint density at radius 2 is 1.95 bits per heavy atom. The normalized spacial score (nSPS) is 34.3. The van der Waals surface area contributed by atoms with Crippen LogP contribution in [0.25, 0.3) is 0 Å². The lowest BCUT2D eigenvalue weighted by molar-refractivity contribution is -0.128. The number of allylic oxidation sites excluding steroid dienone is 1. The molecule has 1 aromatic rings. The van der Waals surface area contributed by atoms with Gasteiger partial charge in [-0.15, -0.1) is 0 Å². The molecule has 220 valence electrons. The van der Waals surface area contributed by atoms with Gasteiger partial charge in [-0.2, -0.15) is 5.26 Å². The maximum absolute atomic E-state index is 13.8. The Kier molecular flexibility index (Phi) is 7.95. The molecule has 7 unspecified atom stereocenters. The lowest BCUT2D eigenvalue weighted by Crippen LogP contribution is -2.54. The molecule has 0 bridgehead atoms. The summed E-state index contributed by atoms with van der Waals surface area (Å²) in [4.78, 5) is 28.1. The standard InChI is InChI=1S/C33H46N6O2/c1-5-25(38-17-18(2)39-26(16-34)14-27-19(3)30(27)39)15-33(32(37)41)28-10-8-21(20(4)35)12-22(28)6-7-23-13-24(31(36)40)9-11-29(23)33/h9,11,13,19,21-22,25-28,30,38H,2,4-8,10,12,14-15,17,35H2,1,3H3,(H2,36,40)(H2,37,41)/t19-,21?,22?,25?,26?,27+,28?,30?,33?/m0/s1. The second-order valence-electron chi connectivity index (χ2n) is 13.1. The van der Waals surface area contributed by atoms with E-state index in [-0.39, 0.29) is 35.7 Å². The number of benzene rings is 1. The highest BCUT2D eigenvalue weighted by Gasteiger charge is 2.59. The van der Waals surface area contributed by atoms with E-state index in [1.165, 1.54) is 0 Å². The molecule has 9 atom stereocenters. The molecular weight excluding hydrogens is 512 g/mol. The molecule has 2 saturated carbocycles. The van der Waals surface area contributed by atoms with Gasteiger partial charge in [0.05, 0.1) is 11.5 Å². The Hall–Kier alpha value is -3.31. The van der Waals surface area contributed by atoms with Crippen molar-refractivity contribution in [1.82, 2.24) is 10.2 Å². The number of aryl methyl sites for hydroxylation is 1. The van der Waals surface area contributed by atoms with E-state index < -0.39 is 11.3 Å². The van der Waals surface area contributed by atoms with E-state index in [2.05, 4.69) is 43.3 Å². The van der Waals surface area contributed by atoms with Crippen LogP contribution in [0.5, 0.6) is 0 Å². The molecule has 0 spiro atoms. The molecule has 2 amide bonds. The van der Waals surface area contributed by atoms with Crippen LogP contribution >= 0.6 is 0 Å². The predicted octanol–water partition coefficient (Wildman–Crippen LogP) is 3.46. The summed E-state index contributed by atoms with van der Waals surface area (Å²) in [5.41, 5.74) is 21.4. The average Bonchev–Trinajstić information content (AvgIpc) is 3.43. The third-order valence-electron chi connectivity index (χ3n) is 11.1. The van der Waals surface area contributed by atoms with E-state index >= 15 is 0 Å². The number of nitrogens with one attached hydrogen (secondary N) is 1. The highest BCUT2D eigenvalue weighted by atomic mass is 16.1. The van der Waals surface area contributed by atoms with E-state index in [9.17, 15) is 14.9 Å². The van der Waals surface area contributed by atoms with Crippen LogP contribution in [0.4, 0.5) is 0 Å². The Morgan fingerprint density at radius 3 is 2.59 bits per heavy atom. The lowest BCUT2D eigenvalue weighted by atomic mass is 9.57. The zero-order valence-electron chi connectivity index (χ0n) is 24.6. The highest BCUT2D eigenvalue weighted by molar-refractivity contribution is 5.94. The van der Waals surface area contributed by atoms with Crippen LogP contribution < -0.4 is 22.5 Å². The first-order valence-corrected chi connectivity index (χ1v) is 15.3. The summed E-state index contributed by atoms with van der Waals surface area (Å²) >= 11 is 0. The molecule has 0 aromatic heterocycles. The largest absolute Gasteiger partial charge is 0.402 e. The molecule has 1 heterocycles. The van der Waals surface area contributed by atoms with Gasteiger partial charge in [0, 0.05) is 35.6 Å². The second kappa shape index (κ2) is 11.2. The van der Waals surface area contributed by atoms with Gasteiger partial charge in [-0.3, -0.25) is 9.59 Å². The Morgan fingerprint density at radius 1 is 1.20 bits per heavy atom. The second-order valence-corrected chi connectivity index (χ2v) is 13.1. The minimum atomic E-state index is -0.901. The quantitative estimate of drug-likeness (QED) is 0.345. The molecule has 3 fully saturated rings. The first kappa shape index (κ1) is 29.2. The van der Waals surface area contributed by atoms with Crippen LogP contribution in [0.2, 0.25) is 0 Å². The first-order valence-electron chi connectivity index (χ1n) is 15.3. The van der Waals surface area contributed by atoms with Crippen molar-refractivity contribution in [3.8, 4) is 6.07 Å². The molecule has 8 nitrogen and oxygen atoms in total. The van der Waals surface area contributed by atoms with Gasteiger partial charge in [-0.25, -0.2) is 0 Å². The van der Waals surface area contributed by atoms with E-state index in [1.807, 2.05) is 12.1 Å². The molecule has 8 heteroatoms. The third-order valence-corrected chi connectivity index (χ3v) is 11.1. The zero-order chi connectivity index (χ0) is 29.6. The maximum Gasteiger partial charge on any atom is 0.248 e. The number of hydrogen-bond acceptors (Lipinski definition) is 6. The van der Waals surface area contributed by atoms with Gasteiger partial charge >= 0.3 is 0 Å². The topological polar surface area (TPSA) is 151 Å². The van der Waals surface area contributed by atoms with Crippen LogP contribution in [-0.4, -0.2) is 41.4 Å². The van der Waals surface area contributed by atoms with Gasteiger partial charge in [-0.1, -0.05) is 33.1 Å². The minimum Gasteiger partial charge on any atom is -0.402 e. The van der Waals surface area contributed by atoms with Gasteiger partial charge in [0.25, 0.3) is 0 Å². The number of carbonyl (C=O) groups is 2. The van der Waals surface area contributed by atoms with E-state index in [1.54, 1.807) is 6.07 Å². The monoisotopic (exact) mass is 558 g/mol. The molecular formula is C33H46N6O2. The third kappa shape index (κ3) is 5.03. The zero-order valence-corrected chi connectivity index (χ0v) is 24.6. The molecule has 1 aliphatic heterocycles. The number of nitriles is 1. The number of rotatable bonds is 10. The molecule has 7 N–H and O–H groups in total. The number of piperidine rings is 1. The summed E-state index contributed by atoms with van der Waals surface area (Å²) in [6.07, 6.45) is 6.52. The van der Waals surface area contributed by atoms with Crippen molar-refractivity contribution in [2.24, 2.45) is 46.8 Å². The number of carbonyl (C=O) groups excluding carboxylic acids is 2. The van der Waals surface area contributed by atoms with Crippen LogP contribution in [-0.2, 0) is 16.6 Å². The smallest absolute Gasteiger partial charge is 0.248 e. The van der Waals surface area contributed by atoms with Gasteiger partial charge in [-0.05, 0) is 104 Å². The number of primary amides is 2. The summed E-state index contributed by atoms with van der Waals surface area (Å²) in [5, 5.41) is 13.4. The van der Waals surface area contributed by atoms with Gasteiger partial charge in [0.2, 0.25) is 11.8 Å². The minimum absolute atomic E-state index is 0.000531. The average molecular weight is 559 g/mol. The van der Waals surface area contributed by atoms with Crippen LogP contribution in [0.15, 0.2) is 42.8 Å². The van der Waals surface area contributed by atoms with Crippen molar-refractivity contribution in [3.63, 3.8) is 0 Å². The number of likely N-dealkylation sites (tertiary alicyclic amines) is 1. The number of hydrogen-bond donors (Lipinski definition) is 4. The van der Waals surface area contributed by atoms with Gasteiger partial charge in [0.1, 0.15) is 6.04 Å². The SMILES string of the molecule is C=C(N)C1CCC2C(CCc3cc(C(N)=O)ccc3C2(CC(CC)NCC(=C)N2C(C#N)C[C@H]3C2[C@H]3C)C(N)=O)C1. The van der Waals surface area contributed by atoms with Crippen molar-refractivity contribution in [2.45, 2.75) is 88.8 Å². The fourth-order valence-corrected chi connectivity index (χ4v) is 8.74. The van der Waals surface area contributed by atoms with E-state index in [4.69, 9.17) is 17.2 Å². The molecule has 41 heavy (non-hydrogen) atoms. The van der Waals surface area contributed by atoms with E-state index in [0.29, 0.717) is 42.1 Å². The lowest BCUT2D eigenvalue weighted by Gasteiger charge is -2.47. The summed E-state index contributed by atoms with van der Waals surface area (Å²) in [7, 11) is 0. The molecule has 4 aliphatic rings. The molecule has 1 saturated heterocycles. The number of nitrogens with zero attached hydrogens (tertiary/aromatic N) is 2. The summed E-state index contributed by atoms with van der Waals surface area (Å²) in [6.45, 7) is 13.3. The van der Waals surface area contributed by atoms with Gasteiger partial charge < -0.3 is 27.4 Å². The predicted molar refractivity (Wildman–Crippen MR) is 160 cm³/mol. The van der Waals surface area contributed by atoms with Crippen molar-refractivity contribution in [2.75, 3.05) is 6.54 Å². The summed E-state index contributed by atoms with van der Waals surface area (Å²) in [6, 6.07) is 8.29. The van der Waals surface area contributed by atoms with Crippen molar-refractivity contribution in [3.05, 3.63) is 59.4 Å². The van der Waals surface area contributed by atoms with Crippen molar-refractivity contribution >= 4 is 11.8 Å². The van der Waals surface area contributed by atoms with Crippen LogP contribution in [0.1, 0.15) is 80.3 Å². The van der Waals surface area contributed by atoms with Crippen LogP contribution in [0, 0.1) is 40.9 Å². The number of amides is 2. The molecule has 1 aromatic carbocycles. The summed E-state index contributed by atoms with van der Waals surface area (Å²) in [5.74, 6) is 0.940. The highest BCUT2D eigenvalue weighted by Crippen LogP contribution is 2.55. The Balaban J connectivity index is 1.46. The fraction of sp³-hybridized carbons (Fsp3) is 0.606. The number of fused-ring (bicyclic) bond motifs is 3. The number of nitrogens with two attached hydrogens (primary N) is 3. The van der Waals surface area contributed by atoms with Crippen molar-refractivity contribution in [1.29, 1.82) is 5.26 Å². The Labute approximate surface area is 244 Å². The summed E-state index contributed by atoms with van der Waals surface area (Å²) < 4.78 is 0. The van der Waals surface area contributed by atoms with E-state index in [0.717, 1.165) is 61.8 Å². The fourth-order valence-electron chi connectivity index (χ4n) is 8.74. The maximum atomic E-state index is 13.8. The first-order chi connectivity index (χ1) is 19.5. The van der Waals surface area contributed by atoms with Crippen LogP contribution in [0.3, 0.4) is 0 Å².